The molecule has 0 saturated heterocycles. The van der Waals surface area contributed by atoms with E-state index in [-0.39, 0.29) is 11.8 Å². The number of allylic oxidation sites excluding steroid dienone is 4. The predicted octanol–water partition coefficient (Wildman–Crippen LogP) is 1.58. The fourth-order valence-electron chi connectivity index (χ4n) is 0.933. The Hall–Kier alpha value is -0.760. The predicted molar refractivity (Wildman–Crippen MR) is 45.3 cm³/mol. The van der Waals surface area contributed by atoms with Gasteiger partial charge in [0.25, 0.3) is 0 Å². The van der Waals surface area contributed by atoms with Crippen molar-refractivity contribution >= 4 is 16.8 Å². The van der Waals surface area contributed by atoms with Gasteiger partial charge < -0.3 is 5.32 Å². The Kier molecular flexibility index (Phi) is 3.17. The summed E-state index contributed by atoms with van der Waals surface area (Å²) in [7, 11) is 0. The Bertz CT molecular complexity index is 208. The molecule has 0 saturated carbocycles. The lowest BCUT2D eigenvalue weighted by molar-refractivity contribution is -0.110. The first-order valence-corrected chi connectivity index (χ1v) is 3.95. The molecule has 1 N–H and O–H groups in total. The van der Waals surface area contributed by atoms with Gasteiger partial charge >= 0.3 is 0 Å². The van der Waals surface area contributed by atoms with Gasteiger partial charge in [0.2, 0.25) is 5.24 Å². The number of nitrogens with one attached hydrogen (secondary N) is 1. The van der Waals surface area contributed by atoms with Crippen LogP contribution >= 0.6 is 11.6 Å². The van der Waals surface area contributed by atoms with Crippen LogP contribution < -0.4 is 5.32 Å². The van der Waals surface area contributed by atoms with Crippen molar-refractivity contribution in [1.82, 2.24) is 5.32 Å². The van der Waals surface area contributed by atoms with Crippen molar-refractivity contribution in [2.24, 2.45) is 0 Å². The molecule has 0 aromatic carbocycles. The molecule has 0 fully saturated rings. The molecule has 0 amide bonds. The van der Waals surface area contributed by atoms with E-state index in [1.54, 1.807) is 0 Å². The van der Waals surface area contributed by atoms with E-state index in [4.69, 9.17) is 11.6 Å². The summed E-state index contributed by atoms with van der Waals surface area (Å²) >= 11 is 5.15. The second-order valence-corrected chi connectivity index (χ2v) is 2.79. The largest absolute Gasteiger partial charge is 0.380 e. The second kappa shape index (κ2) is 4.19. The minimum absolute atomic E-state index is 0.223. The molecule has 60 valence electrons. The van der Waals surface area contributed by atoms with Crippen LogP contribution in [0.15, 0.2) is 23.9 Å². The molecule has 0 radical (unpaired) electrons. The lowest BCUT2D eigenvalue weighted by atomic mass is 10.1. The van der Waals surface area contributed by atoms with Crippen LogP contribution in [0.25, 0.3) is 0 Å². The summed E-state index contributed by atoms with van der Waals surface area (Å²) in [4.78, 5) is 10.3. The minimum atomic E-state index is -0.347. The zero-order valence-corrected chi connectivity index (χ0v) is 6.90. The zero-order valence-electron chi connectivity index (χ0n) is 6.14. The van der Waals surface area contributed by atoms with Crippen LogP contribution in [0.3, 0.4) is 0 Å². The van der Waals surface area contributed by atoms with Gasteiger partial charge in [-0.3, -0.25) is 4.79 Å². The van der Waals surface area contributed by atoms with Gasteiger partial charge in [-0.15, -0.1) is 0 Å². The Labute approximate surface area is 70.9 Å². The molecule has 0 bridgehead atoms. The highest BCUT2D eigenvalue weighted by molar-refractivity contribution is 6.64. The van der Waals surface area contributed by atoms with Crippen molar-refractivity contribution in [3.05, 3.63) is 23.9 Å². The summed E-state index contributed by atoms with van der Waals surface area (Å²) in [6.07, 6.45) is 8.04. The quantitative estimate of drug-likeness (QED) is 0.654. The van der Waals surface area contributed by atoms with E-state index in [0.29, 0.717) is 0 Å². The molecular weight excluding hydrogens is 162 g/mol. The monoisotopic (exact) mass is 171 g/mol. The van der Waals surface area contributed by atoms with Crippen LogP contribution in [0.1, 0.15) is 12.8 Å². The molecule has 0 heterocycles. The zero-order chi connectivity index (χ0) is 8.10. The van der Waals surface area contributed by atoms with E-state index in [1.807, 2.05) is 12.2 Å². The lowest BCUT2D eigenvalue weighted by Crippen LogP contribution is -2.19. The summed E-state index contributed by atoms with van der Waals surface area (Å²) in [5.41, 5.74) is 1.08. The number of carbonyl (C=O) groups excluding carboxylic acids is 1. The fourth-order valence-corrected chi connectivity index (χ4v) is 1.000. The van der Waals surface area contributed by atoms with Crippen molar-refractivity contribution in [1.29, 1.82) is 0 Å². The Morgan fingerprint density at radius 2 is 2.55 bits per heavy atom. The molecule has 3 heteroatoms. The summed E-state index contributed by atoms with van der Waals surface area (Å²) in [5, 5.41) is 2.60. The van der Waals surface area contributed by atoms with E-state index in [9.17, 15) is 4.79 Å². The van der Waals surface area contributed by atoms with Gasteiger partial charge in [-0.25, -0.2) is 0 Å². The number of hydrogen-bond donors (Lipinski definition) is 1. The van der Waals surface area contributed by atoms with Gasteiger partial charge in [-0.1, -0.05) is 12.2 Å². The van der Waals surface area contributed by atoms with Crippen LogP contribution in [0, 0.1) is 0 Å². The molecule has 0 atom stereocenters. The molecule has 0 unspecified atom stereocenters. The highest BCUT2D eigenvalue weighted by Gasteiger charge is 2.00. The second-order valence-electron chi connectivity index (χ2n) is 2.37. The molecular formula is C8H10ClNO. The van der Waals surface area contributed by atoms with E-state index < -0.39 is 0 Å². The third kappa shape index (κ3) is 3.23. The van der Waals surface area contributed by atoms with Gasteiger partial charge in [0.15, 0.2) is 0 Å². The van der Waals surface area contributed by atoms with Gasteiger partial charge in [0.1, 0.15) is 0 Å². The van der Waals surface area contributed by atoms with Gasteiger partial charge in [0.05, 0.1) is 6.54 Å². The summed E-state index contributed by atoms with van der Waals surface area (Å²) in [5.74, 6) is 0. The highest BCUT2D eigenvalue weighted by atomic mass is 35.5. The molecule has 0 aromatic heterocycles. The first-order valence-electron chi connectivity index (χ1n) is 3.57. The maximum absolute atomic E-state index is 10.3. The first kappa shape index (κ1) is 8.34. The summed E-state index contributed by atoms with van der Waals surface area (Å²) in [6, 6.07) is 0. The standard InChI is InChI=1S/C8H10ClNO/c9-8(11)6-10-7-4-2-1-3-5-7/h1-2,4,10H,3,5-6H2. The van der Waals surface area contributed by atoms with Gasteiger partial charge in [-0.2, -0.15) is 0 Å². The summed E-state index contributed by atoms with van der Waals surface area (Å²) in [6.45, 7) is 0.223. The Morgan fingerprint density at radius 1 is 1.73 bits per heavy atom. The topological polar surface area (TPSA) is 29.1 Å². The third-order valence-corrected chi connectivity index (χ3v) is 1.60. The Balaban J connectivity index is 2.31. The number of halogens is 1. The maximum atomic E-state index is 10.3. The van der Waals surface area contributed by atoms with Crippen molar-refractivity contribution in [3.63, 3.8) is 0 Å². The van der Waals surface area contributed by atoms with E-state index in [1.165, 1.54) is 0 Å². The molecule has 0 aliphatic heterocycles. The third-order valence-electron chi connectivity index (χ3n) is 1.47. The fraction of sp³-hybridized carbons (Fsp3) is 0.375. The van der Waals surface area contributed by atoms with E-state index in [0.717, 1.165) is 18.5 Å². The van der Waals surface area contributed by atoms with Crippen LogP contribution in [-0.2, 0) is 4.79 Å². The number of rotatable bonds is 3. The molecule has 11 heavy (non-hydrogen) atoms. The molecule has 0 aromatic rings. The SMILES string of the molecule is O=C(Cl)CNC1=CC=CCC1. The van der Waals surface area contributed by atoms with Crippen LogP contribution in [-0.4, -0.2) is 11.8 Å². The maximum Gasteiger partial charge on any atom is 0.240 e. The van der Waals surface area contributed by atoms with Gasteiger partial charge in [-0.05, 0) is 30.5 Å². The number of hydrogen-bond acceptors (Lipinski definition) is 2. The molecule has 1 aliphatic carbocycles. The van der Waals surface area contributed by atoms with E-state index >= 15 is 0 Å². The lowest BCUT2D eigenvalue weighted by Gasteiger charge is -2.09. The smallest absolute Gasteiger partial charge is 0.240 e. The van der Waals surface area contributed by atoms with Crippen molar-refractivity contribution < 1.29 is 4.79 Å². The minimum Gasteiger partial charge on any atom is -0.380 e. The van der Waals surface area contributed by atoms with Crippen molar-refractivity contribution in [2.45, 2.75) is 12.8 Å². The first-order chi connectivity index (χ1) is 5.29. The summed E-state index contributed by atoms with van der Waals surface area (Å²) < 4.78 is 0. The molecule has 1 aliphatic rings. The average molecular weight is 172 g/mol. The van der Waals surface area contributed by atoms with E-state index in [2.05, 4.69) is 11.4 Å². The normalized spacial score (nSPS) is 15.9. The van der Waals surface area contributed by atoms with Crippen LogP contribution in [0.5, 0.6) is 0 Å². The molecule has 0 spiro atoms. The molecule has 2 nitrogen and oxygen atoms in total. The number of carbonyl (C=O) groups is 1. The van der Waals surface area contributed by atoms with Crippen LogP contribution in [0.4, 0.5) is 0 Å². The van der Waals surface area contributed by atoms with Crippen molar-refractivity contribution in [2.75, 3.05) is 6.54 Å². The van der Waals surface area contributed by atoms with Crippen LogP contribution in [0.2, 0.25) is 0 Å². The van der Waals surface area contributed by atoms with Crippen molar-refractivity contribution in [3.8, 4) is 0 Å². The van der Waals surface area contributed by atoms with Gasteiger partial charge in [0, 0.05) is 5.70 Å². The average Bonchev–Trinajstić information content (AvgIpc) is 2.03. The highest BCUT2D eigenvalue weighted by Crippen LogP contribution is 2.07. The molecule has 1 rings (SSSR count). The Morgan fingerprint density at radius 3 is 3.09 bits per heavy atom.